The van der Waals surface area contributed by atoms with Crippen LogP contribution in [-0.4, -0.2) is 28.6 Å². The van der Waals surface area contributed by atoms with Gasteiger partial charge in [0.25, 0.3) is 0 Å². The molecule has 0 amide bonds. The minimum atomic E-state index is -0.810. The maximum absolute atomic E-state index is 10.9. The standard InChI is InChI=1S/C12H14N2O3/c15-12(16)5-14(9-2-3-9)11-4-1-8-6-17-7-10(8)13-11/h1,4,9H,2-3,5-7H2,(H,15,16). The second kappa shape index (κ2) is 4.00. The molecule has 0 saturated heterocycles. The summed E-state index contributed by atoms with van der Waals surface area (Å²) in [5.74, 6) is -0.0467. The lowest BCUT2D eigenvalue weighted by Gasteiger charge is -2.21. The number of rotatable bonds is 4. The van der Waals surface area contributed by atoms with E-state index in [9.17, 15) is 4.79 Å². The van der Waals surface area contributed by atoms with Gasteiger partial charge in [0.05, 0.1) is 18.9 Å². The van der Waals surface area contributed by atoms with Crippen LogP contribution in [0, 0.1) is 0 Å². The van der Waals surface area contributed by atoms with Crippen molar-refractivity contribution >= 4 is 11.8 Å². The summed E-state index contributed by atoms with van der Waals surface area (Å²) >= 11 is 0. The highest BCUT2D eigenvalue weighted by molar-refractivity contribution is 5.73. The number of pyridine rings is 1. The Morgan fingerprint density at radius 2 is 2.29 bits per heavy atom. The highest BCUT2D eigenvalue weighted by Crippen LogP contribution is 2.31. The fraction of sp³-hybridized carbons (Fsp3) is 0.500. The van der Waals surface area contributed by atoms with Crippen LogP contribution >= 0.6 is 0 Å². The van der Waals surface area contributed by atoms with Crippen LogP contribution in [0.4, 0.5) is 5.82 Å². The molecule has 0 spiro atoms. The molecule has 2 aliphatic rings. The average Bonchev–Trinajstić information content (AvgIpc) is 3.03. The molecule has 0 aromatic carbocycles. The van der Waals surface area contributed by atoms with Crippen molar-refractivity contribution in [3.8, 4) is 0 Å². The first-order chi connectivity index (χ1) is 8.24. The predicted octanol–water partition coefficient (Wildman–Crippen LogP) is 1.17. The molecule has 1 N–H and O–H groups in total. The molecule has 1 aliphatic heterocycles. The topological polar surface area (TPSA) is 62.7 Å². The summed E-state index contributed by atoms with van der Waals surface area (Å²) in [5, 5.41) is 8.92. The molecule has 5 nitrogen and oxygen atoms in total. The predicted molar refractivity (Wildman–Crippen MR) is 60.7 cm³/mol. The van der Waals surface area contributed by atoms with Gasteiger partial charge in [-0.2, -0.15) is 0 Å². The third-order valence-corrected chi connectivity index (χ3v) is 3.14. The van der Waals surface area contributed by atoms with Crippen molar-refractivity contribution in [2.45, 2.75) is 32.1 Å². The highest BCUT2D eigenvalue weighted by atomic mass is 16.5. The molecule has 0 radical (unpaired) electrons. The Morgan fingerprint density at radius 3 is 3.00 bits per heavy atom. The van der Waals surface area contributed by atoms with Crippen molar-refractivity contribution < 1.29 is 14.6 Å². The molecule has 2 heterocycles. The fourth-order valence-corrected chi connectivity index (χ4v) is 2.12. The normalized spacial score (nSPS) is 17.9. The Hall–Kier alpha value is -1.62. The summed E-state index contributed by atoms with van der Waals surface area (Å²) in [7, 11) is 0. The van der Waals surface area contributed by atoms with Gasteiger partial charge in [-0.25, -0.2) is 4.98 Å². The van der Waals surface area contributed by atoms with Crippen LogP contribution in [0.3, 0.4) is 0 Å². The molecule has 0 bridgehead atoms. The number of hydrogen-bond donors (Lipinski definition) is 1. The summed E-state index contributed by atoms with van der Waals surface area (Å²) in [5.41, 5.74) is 2.05. The highest BCUT2D eigenvalue weighted by Gasteiger charge is 2.31. The molecule has 1 aromatic heterocycles. The van der Waals surface area contributed by atoms with E-state index in [-0.39, 0.29) is 6.54 Å². The van der Waals surface area contributed by atoms with Crippen molar-refractivity contribution in [2.24, 2.45) is 0 Å². The van der Waals surface area contributed by atoms with Crippen molar-refractivity contribution in [3.63, 3.8) is 0 Å². The maximum Gasteiger partial charge on any atom is 0.323 e. The first-order valence-electron chi connectivity index (χ1n) is 5.79. The minimum absolute atomic E-state index is 0.0251. The van der Waals surface area contributed by atoms with Crippen molar-refractivity contribution in [3.05, 3.63) is 23.4 Å². The molecule has 0 unspecified atom stereocenters. The average molecular weight is 234 g/mol. The summed E-state index contributed by atoms with van der Waals surface area (Å²) in [6.07, 6.45) is 2.12. The smallest absolute Gasteiger partial charge is 0.323 e. The number of aliphatic carboxylic acids is 1. The van der Waals surface area contributed by atoms with Crippen LogP contribution in [0.2, 0.25) is 0 Å². The van der Waals surface area contributed by atoms with Crippen LogP contribution in [0.1, 0.15) is 24.1 Å². The number of carbonyl (C=O) groups is 1. The van der Waals surface area contributed by atoms with Crippen LogP contribution in [0.5, 0.6) is 0 Å². The molecular formula is C12H14N2O3. The van der Waals surface area contributed by atoms with E-state index >= 15 is 0 Å². The van der Waals surface area contributed by atoms with Crippen LogP contribution in [-0.2, 0) is 22.7 Å². The second-order valence-electron chi connectivity index (χ2n) is 4.52. The van der Waals surface area contributed by atoms with Gasteiger partial charge in [-0.1, -0.05) is 6.07 Å². The zero-order chi connectivity index (χ0) is 11.8. The second-order valence-corrected chi connectivity index (χ2v) is 4.52. The largest absolute Gasteiger partial charge is 0.480 e. The molecule has 1 aromatic rings. The number of aromatic nitrogens is 1. The molecule has 5 heteroatoms. The van der Waals surface area contributed by atoms with Gasteiger partial charge in [0.15, 0.2) is 0 Å². The molecule has 17 heavy (non-hydrogen) atoms. The molecule has 90 valence electrons. The molecule has 1 aliphatic carbocycles. The van der Waals surface area contributed by atoms with E-state index in [1.807, 2.05) is 17.0 Å². The summed E-state index contributed by atoms with van der Waals surface area (Å²) in [6, 6.07) is 4.23. The van der Waals surface area contributed by atoms with E-state index in [0.717, 1.165) is 29.9 Å². The van der Waals surface area contributed by atoms with Crippen LogP contribution in [0.25, 0.3) is 0 Å². The minimum Gasteiger partial charge on any atom is -0.480 e. The first-order valence-corrected chi connectivity index (χ1v) is 5.79. The van der Waals surface area contributed by atoms with Gasteiger partial charge >= 0.3 is 5.97 Å². The van der Waals surface area contributed by atoms with Gasteiger partial charge in [0, 0.05) is 11.6 Å². The molecule has 0 atom stereocenters. The number of carboxylic acid groups (broad SMARTS) is 1. The summed E-state index contributed by atoms with van der Waals surface area (Å²) in [6.45, 7) is 1.18. The quantitative estimate of drug-likeness (QED) is 0.847. The third-order valence-electron chi connectivity index (χ3n) is 3.14. The zero-order valence-corrected chi connectivity index (χ0v) is 9.43. The number of anilines is 1. The molecule has 3 rings (SSSR count). The lowest BCUT2D eigenvalue weighted by Crippen LogP contribution is -2.32. The van der Waals surface area contributed by atoms with E-state index < -0.39 is 5.97 Å². The lowest BCUT2D eigenvalue weighted by atomic mass is 10.2. The number of fused-ring (bicyclic) bond motifs is 1. The van der Waals surface area contributed by atoms with Crippen molar-refractivity contribution in [1.82, 2.24) is 4.98 Å². The van der Waals surface area contributed by atoms with E-state index in [0.29, 0.717) is 19.3 Å². The Bertz CT molecular complexity index is 457. The number of carboxylic acids is 1. The Kier molecular flexibility index (Phi) is 2.48. The maximum atomic E-state index is 10.9. The molecular weight excluding hydrogens is 220 g/mol. The first kappa shape index (κ1) is 10.5. The van der Waals surface area contributed by atoms with Crippen LogP contribution < -0.4 is 4.90 Å². The number of hydrogen-bond acceptors (Lipinski definition) is 4. The Balaban J connectivity index is 1.87. The van der Waals surface area contributed by atoms with Crippen LogP contribution in [0.15, 0.2) is 12.1 Å². The van der Waals surface area contributed by atoms with Gasteiger partial charge in [-0.05, 0) is 18.9 Å². The SMILES string of the molecule is O=C(O)CN(c1ccc2c(n1)COC2)C1CC1. The van der Waals surface area contributed by atoms with Crippen molar-refractivity contribution in [2.75, 3.05) is 11.4 Å². The number of ether oxygens (including phenoxy) is 1. The van der Waals surface area contributed by atoms with E-state index in [2.05, 4.69) is 4.98 Å². The molecule has 1 saturated carbocycles. The Labute approximate surface area is 99.0 Å². The van der Waals surface area contributed by atoms with Gasteiger partial charge in [0.2, 0.25) is 0 Å². The molecule has 1 fully saturated rings. The Morgan fingerprint density at radius 1 is 1.47 bits per heavy atom. The van der Waals surface area contributed by atoms with Crippen molar-refractivity contribution in [1.29, 1.82) is 0 Å². The summed E-state index contributed by atoms with van der Waals surface area (Å²) < 4.78 is 5.31. The van der Waals surface area contributed by atoms with Gasteiger partial charge in [-0.3, -0.25) is 4.79 Å². The van der Waals surface area contributed by atoms with E-state index in [1.54, 1.807) is 0 Å². The zero-order valence-electron chi connectivity index (χ0n) is 9.43. The van der Waals surface area contributed by atoms with Gasteiger partial charge < -0.3 is 14.7 Å². The van der Waals surface area contributed by atoms with E-state index in [4.69, 9.17) is 9.84 Å². The fourth-order valence-electron chi connectivity index (χ4n) is 2.12. The monoisotopic (exact) mass is 234 g/mol. The number of nitrogens with zero attached hydrogens (tertiary/aromatic N) is 2. The third kappa shape index (κ3) is 2.10. The summed E-state index contributed by atoms with van der Waals surface area (Å²) in [4.78, 5) is 17.2. The van der Waals surface area contributed by atoms with Gasteiger partial charge in [-0.15, -0.1) is 0 Å². The van der Waals surface area contributed by atoms with Gasteiger partial charge in [0.1, 0.15) is 12.4 Å². The lowest BCUT2D eigenvalue weighted by molar-refractivity contribution is -0.135. The van der Waals surface area contributed by atoms with E-state index in [1.165, 1.54) is 0 Å².